The zero-order chi connectivity index (χ0) is 15.2. The van der Waals surface area contributed by atoms with E-state index in [0.717, 1.165) is 31.8 Å². The van der Waals surface area contributed by atoms with E-state index in [1.807, 2.05) is 11.8 Å². The summed E-state index contributed by atoms with van der Waals surface area (Å²) in [6.07, 6.45) is 9.96. The number of carboxylic acid groups (broad SMARTS) is 1. The second-order valence-corrected chi connectivity index (χ2v) is 5.16. The predicted octanol–water partition coefficient (Wildman–Crippen LogP) is 2.58. The van der Waals surface area contributed by atoms with Gasteiger partial charge in [-0.2, -0.15) is 0 Å². The van der Waals surface area contributed by atoms with Gasteiger partial charge in [-0.1, -0.05) is 12.8 Å². The molecule has 1 aliphatic rings. The highest BCUT2D eigenvalue weighted by molar-refractivity contribution is 5.99. The molecule has 0 radical (unpaired) electrons. The molecule has 1 aliphatic carbocycles. The molecule has 0 atom stereocenters. The van der Waals surface area contributed by atoms with Crippen molar-refractivity contribution in [2.24, 2.45) is 0 Å². The van der Waals surface area contributed by atoms with E-state index >= 15 is 0 Å². The Morgan fingerprint density at radius 2 is 2.14 bits per heavy atom. The van der Waals surface area contributed by atoms with E-state index in [-0.39, 0.29) is 5.91 Å². The van der Waals surface area contributed by atoms with E-state index in [2.05, 4.69) is 4.98 Å². The molecule has 1 fully saturated rings. The number of pyridine rings is 1. The van der Waals surface area contributed by atoms with Gasteiger partial charge in [-0.3, -0.25) is 9.78 Å². The number of carbonyl (C=O) groups excluding carboxylic acids is 1. The first-order chi connectivity index (χ1) is 10.1. The van der Waals surface area contributed by atoms with Crippen LogP contribution in [0.15, 0.2) is 24.5 Å². The van der Waals surface area contributed by atoms with Gasteiger partial charge in [-0.25, -0.2) is 4.79 Å². The van der Waals surface area contributed by atoms with Crippen LogP contribution in [0, 0.1) is 0 Å². The van der Waals surface area contributed by atoms with Crippen LogP contribution >= 0.6 is 0 Å². The first-order valence-corrected chi connectivity index (χ1v) is 7.29. The summed E-state index contributed by atoms with van der Waals surface area (Å²) in [5.41, 5.74) is 1.05. The molecule has 0 unspecified atom stereocenters. The molecule has 0 aliphatic heterocycles. The second kappa shape index (κ2) is 7.02. The zero-order valence-corrected chi connectivity index (χ0v) is 12.2. The van der Waals surface area contributed by atoms with Gasteiger partial charge < -0.3 is 10.0 Å². The largest absolute Gasteiger partial charge is 0.478 e. The Labute approximate surface area is 124 Å². The van der Waals surface area contributed by atoms with E-state index in [1.54, 1.807) is 12.3 Å². The summed E-state index contributed by atoms with van der Waals surface area (Å²) in [6, 6.07) is 1.95. The van der Waals surface area contributed by atoms with Crippen molar-refractivity contribution in [3.8, 4) is 0 Å². The van der Waals surface area contributed by atoms with Crippen LogP contribution in [0.25, 0.3) is 6.08 Å². The van der Waals surface area contributed by atoms with E-state index < -0.39 is 5.97 Å². The summed E-state index contributed by atoms with van der Waals surface area (Å²) in [7, 11) is 0. The molecule has 0 saturated heterocycles. The molecular weight excluding hydrogens is 268 g/mol. The minimum absolute atomic E-state index is 0.0446. The molecule has 21 heavy (non-hydrogen) atoms. The molecule has 2 rings (SSSR count). The van der Waals surface area contributed by atoms with E-state index in [0.29, 0.717) is 23.7 Å². The van der Waals surface area contributed by atoms with E-state index in [4.69, 9.17) is 5.11 Å². The first kappa shape index (κ1) is 15.2. The maximum Gasteiger partial charge on any atom is 0.328 e. The van der Waals surface area contributed by atoms with Gasteiger partial charge in [0.25, 0.3) is 5.91 Å². The molecule has 112 valence electrons. The van der Waals surface area contributed by atoms with E-state index in [9.17, 15) is 9.59 Å². The Bertz CT molecular complexity index is 548. The fraction of sp³-hybridized carbons (Fsp3) is 0.438. The van der Waals surface area contributed by atoms with Gasteiger partial charge in [0.1, 0.15) is 0 Å². The average Bonchev–Trinajstić information content (AvgIpc) is 3.00. The number of hydrogen-bond donors (Lipinski definition) is 1. The van der Waals surface area contributed by atoms with E-state index in [1.165, 1.54) is 12.3 Å². The number of amides is 1. The monoisotopic (exact) mass is 288 g/mol. The van der Waals surface area contributed by atoms with Gasteiger partial charge in [0.05, 0.1) is 0 Å². The van der Waals surface area contributed by atoms with Crippen molar-refractivity contribution in [3.05, 3.63) is 35.7 Å². The van der Waals surface area contributed by atoms with Crippen molar-refractivity contribution in [1.82, 2.24) is 9.88 Å². The molecule has 0 bridgehead atoms. The van der Waals surface area contributed by atoms with Crippen LogP contribution < -0.4 is 0 Å². The molecular formula is C16H20N2O3. The maximum absolute atomic E-state index is 12.7. The quantitative estimate of drug-likeness (QED) is 0.845. The summed E-state index contributed by atoms with van der Waals surface area (Å²) < 4.78 is 0. The Morgan fingerprint density at radius 1 is 1.43 bits per heavy atom. The van der Waals surface area contributed by atoms with Crippen LogP contribution in [0.4, 0.5) is 0 Å². The lowest BCUT2D eigenvalue weighted by Crippen LogP contribution is -2.38. The van der Waals surface area contributed by atoms with Gasteiger partial charge >= 0.3 is 5.97 Å². The third-order valence-corrected chi connectivity index (χ3v) is 3.85. The van der Waals surface area contributed by atoms with Crippen molar-refractivity contribution in [1.29, 1.82) is 0 Å². The van der Waals surface area contributed by atoms with Crippen molar-refractivity contribution >= 4 is 18.0 Å². The minimum atomic E-state index is -1.04. The average molecular weight is 288 g/mol. The first-order valence-electron chi connectivity index (χ1n) is 7.29. The molecule has 0 aromatic carbocycles. The fourth-order valence-electron chi connectivity index (χ4n) is 2.83. The third kappa shape index (κ3) is 3.68. The van der Waals surface area contributed by atoms with Crippen molar-refractivity contribution < 1.29 is 14.7 Å². The summed E-state index contributed by atoms with van der Waals surface area (Å²) >= 11 is 0. The highest BCUT2D eigenvalue weighted by atomic mass is 16.4. The highest BCUT2D eigenvalue weighted by Gasteiger charge is 2.27. The van der Waals surface area contributed by atoms with Crippen LogP contribution in [0.1, 0.15) is 48.5 Å². The lowest BCUT2D eigenvalue weighted by atomic mass is 10.1. The number of hydrogen-bond acceptors (Lipinski definition) is 3. The molecule has 0 spiro atoms. The smallest absolute Gasteiger partial charge is 0.328 e. The van der Waals surface area contributed by atoms with Crippen molar-refractivity contribution in [3.63, 3.8) is 0 Å². The fourth-order valence-corrected chi connectivity index (χ4v) is 2.83. The number of aliphatic carboxylic acids is 1. The zero-order valence-electron chi connectivity index (χ0n) is 12.2. The lowest BCUT2D eigenvalue weighted by Gasteiger charge is -2.28. The van der Waals surface area contributed by atoms with Crippen molar-refractivity contribution in [2.45, 2.75) is 38.6 Å². The molecule has 1 saturated carbocycles. The van der Waals surface area contributed by atoms with Gasteiger partial charge in [0, 0.05) is 42.2 Å². The predicted molar refractivity (Wildman–Crippen MR) is 79.9 cm³/mol. The Kier molecular flexibility index (Phi) is 5.09. The maximum atomic E-state index is 12.7. The normalized spacial score (nSPS) is 15.5. The van der Waals surface area contributed by atoms with Crippen LogP contribution in [-0.4, -0.2) is 39.5 Å². The standard InChI is InChI=1S/C16H20N2O3/c1-2-18(13-5-3-4-6-13)16(21)14-9-10-17-11-12(14)7-8-15(19)20/h7-11,13H,2-6H2,1H3,(H,19,20). The number of carboxylic acids is 1. The van der Waals surface area contributed by atoms with Crippen LogP contribution in [-0.2, 0) is 4.79 Å². The SMILES string of the molecule is CCN(C(=O)c1ccncc1C=CC(=O)O)C1CCCC1. The van der Waals surface area contributed by atoms with Crippen LogP contribution in [0.5, 0.6) is 0 Å². The molecule has 1 heterocycles. The Balaban J connectivity index is 2.27. The van der Waals surface area contributed by atoms with Crippen LogP contribution in [0.3, 0.4) is 0 Å². The van der Waals surface area contributed by atoms with Crippen molar-refractivity contribution in [2.75, 3.05) is 6.54 Å². The van der Waals surface area contributed by atoms with Gasteiger partial charge in [0.2, 0.25) is 0 Å². The van der Waals surface area contributed by atoms with Gasteiger partial charge in [-0.15, -0.1) is 0 Å². The molecule has 1 amide bonds. The highest BCUT2D eigenvalue weighted by Crippen LogP contribution is 2.25. The summed E-state index contributed by atoms with van der Waals surface area (Å²) in [4.78, 5) is 29.3. The van der Waals surface area contributed by atoms with Crippen LogP contribution in [0.2, 0.25) is 0 Å². The third-order valence-electron chi connectivity index (χ3n) is 3.85. The minimum Gasteiger partial charge on any atom is -0.478 e. The number of carbonyl (C=O) groups is 2. The summed E-state index contributed by atoms with van der Waals surface area (Å²) in [6.45, 7) is 2.64. The topological polar surface area (TPSA) is 70.5 Å². The molecule has 5 nitrogen and oxygen atoms in total. The van der Waals surface area contributed by atoms with Gasteiger partial charge in [0.15, 0.2) is 0 Å². The number of aromatic nitrogens is 1. The molecule has 1 aromatic heterocycles. The molecule has 1 N–H and O–H groups in total. The Morgan fingerprint density at radius 3 is 2.76 bits per heavy atom. The molecule has 5 heteroatoms. The Hall–Kier alpha value is -2.17. The number of rotatable bonds is 5. The van der Waals surface area contributed by atoms with Gasteiger partial charge in [-0.05, 0) is 31.9 Å². The second-order valence-electron chi connectivity index (χ2n) is 5.16. The summed E-state index contributed by atoms with van der Waals surface area (Å²) in [5, 5.41) is 8.73. The summed E-state index contributed by atoms with van der Waals surface area (Å²) in [5.74, 6) is -1.09. The molecule has 1 aromatic rings. The lowest BCUT2D eigenvalue weighted by molar-refractivity contribution is -0.131. The number of nitrogens with zero attached hydrogens (tertiary/aromatic N) is 2.